The average molecular weight is 308 g/mol. The van der Waals surface area contributed by atoms with E-state index in [9.17, 15) is 18.0 Å². The summed E-state index contributed by atoms with van der Waals surface area (Å²) < 4.78 is 22.1. The minimum Gasteiger partial charge on any atom is -0.480 e. The normalized spacial score (nSPS) is 12.8. The number of urea groups is 1. The number of amides is 2. The van der Waals surface area contributed by atoms with E-state index in [1.807, 2.05) is 13.8 Å². The number of aliphatic carboxylic acids is 1. The van der Waals surface area contributed by atoms with Gasteiger partial charge in [0.25, 0.3) is 0 Å². The molecule has 2 amide bonds. The molecule has 1 unspecified atom stereocenters. The molecule has 1 atom stereocenters. The Bertz CT molecular complexity index is 416. The highest BCUT2D eigenvalue weighted by Crippen LogP contribution is 2.01. The molecule has 0 rings (SSSR count). The van der Waals surface area contributed by atoms with Crippen molar-refractivity contribution in [1.29, 1.82) is 0 Å². The highest BCUT2D eigenvalue weighted by molar-refractivity contribution is 7.90. The van der Waals surface area contributed by atoms with E-state index in [1.165, 1.54) is 4.90 Å². The van der Waals surface area contributed by atoms with E-state index in [4.69, 9.17) is 5.11 Å². The summed E-state index contributed by atoms with van der Waals surface area (Å²) in [5.41, 5.74) is 0. The molecule has 2 N–H and O–H groups in total. The predicted molar refractivity (Wildman–Crippen MR) is 76.4 cm³/mol. The Kier molecular flexibility index (Phi) is 8.21. The molecule has 0 spiro atoms. The Morgan fingerprint density at radius 1 is 1.20 bits per heavy atom. The van der Waals surface area contributed by atoms with Crippen molar-refractivity contribution >= 4 is 21.8 Å². The number of hydrogen-bond donors (Lipinski definition) is 2. The van der Waals surface area contributed by atoms with Gasteiger partial charge in [0.1, 0.15) is 15.9 Å². The van der Waals surface area contributed by atoms with Gasteiger partial charge in [0.05, 0.1) is 5.75 Å². The number of carboxylic acids is 1. The van der Waals surface area contributed by atoms with Crippen LogP contribution in [-0.4, -0.2) is 61.6 Å². The van der Waals surface area contributed by atoms with Crippen molar-refractivity contribution in [3.8, 4) is 0 Å². The third-order valence-corrected chi connectivity index (χ3v) is 3.62. The number of hydrogen-bond acceptors (Lipinski definition) is 4. The van der Waals surface area contributed by atoms with E-state index in [1.54, 1.807) is 0 Å². The van der Waals surface area contributed by atoms with Crippen LogP contribution in [0.25, 0.3) is 0 Å². The summed E-state index contributed by atoms with van der Waals surface area (Å²) >= 11 is 0. The number of carbonyl (C=O) groups excluding carboxylic acids is 1. The van der Waals surface area contributed by atoms with E-state index in [2.05, 4.69) is 5.32 Å². The second-order valence-electron chi connectivity index (χ2n) is 4.75. The van der Waals surface area contributed by atoms with Gasteiger partial charge in [-0.05, 0) is 19.3 Å². The number of rotatable bonds is 9. The van der Waals surface area contributed by atoms with Gasteiger partial charge in [0.2, 0.25) is 0 Å². The SMILES string of the molecule is CCCN(CCC)C(=O)NC(CCS(C)(=O)=O)C(=O)O. The summed E-state index contributed by atoms with van der Waals surface area (Å²) in [6.07, 6.45) is 2.45. The summed E-state index contributed by atoms with van der Waals surface area (Å²) in [6.45, 7) is 4.93. The van der Waals surface area contributed by atoms with Gasteiger partial charge in [-0.15, -0.1) is 0 Å². The van der Waals surface area contributed by atoms with Crippen LogP contribution in [-0.2, 0) is 14.6 Å². The van der Waals surface area contributed by atoms with Crippen LogP contribution < -0.4 is 5.32 Å². The molecule has 20 heavy (non-hydrogen) atoms. The van der Waals surface area contributed by atoms with Gasteiger partial charge >= 0.3 is 12.0 Å². The molecule has 0 aromatic rings. The third-order valence-electron chi connectivity index (χ3n) is 2.65. The van der Waals surface area contributed by atoms with Gasteiger partial charge < -0.3 is 15.3 Å². The molecule has 0 saturated carbocycles. The van der Waals surface area contributed by atoms with Crippen LogP contribution in [0.3, 0.4) is 0 Å². The largest absolute Gasteiger partial charge is 0.480 e. The fourth-order valence-electron chi connectivity index (χ4n) is 1.68. The van der Waals surface area contributed by atoms with Crippen LogP contribution >= 0.6 is 0 Å². The van der Waals surface area contributed by atoms with Crippen molar-refractivity contribution in [3.05, 3.63) is 0 Å². The fourth-order valence-corrected chi connectivity index (χ4v) is 2.35. The van der Waals surface area contributed by atoms with Gasteiger partial charge in [0.15, 0.2) is 0 Å². The number of carboxylic acid groups (broad SMARTS) is 1. The molecule has 0 saturated heterocycles. The summed E-state index contributed by atoms with van der Waals surface area (Å²) in [4.78, 5) is 24.6. The smallest absolute Gasteiger partial charge is 0.326 e. The van der Waals surface area contributed by atoms with Crippen molar-refractivity contribution in [2.75, 3.05) is 25.1 Å². The zero-order valence-electron chi connectivity index (χ0n) is 12.3. The predicted octanol–water partition coefficient (Wildman–Crippen LogP) is 0.706. The van der Waals surface area contributed by atoms with Crippen molar-refractivity contribution in [1.82, 2.24) is 10.2 Å². The fraction of sp³-hybridized carbons (Fsp3) is 0.833. The maximum atomic E-state index is 12.0. The quantitative estimate of drug-likeness (QED) is 0.652. The topological polar surface area (TPSA) is 104 Å². The van der Waals surface area contributed by atoms with Crippen LogP contribution in [0.5, 0.6) is 0 Å². The molecule has 0 aromatic heterocycles. The third kappa shape index (κ3) is 7.98. The lowest BCUT2D eigenvalue weighted by atomic mass is 10.2. The molecule has 0 fully saturated rings. The molecule has 7 nitrogen and oxygen atoms in total. The molecule has 0 aliphatic rings. The lowest BCUT2D eigenvalue weighted by Crippen LogP contribution is -2.49. The lowest BCUT2D eigenvalue weighted by molar-refractivity contribution is -0.139. The Morgan fingerprint density at radius 2 is 1.70 bits per heavy atom. The second kappa shape index (κ2) is 8.78. The maximum absolute atomic E-state index is 12.0. The van der Waals surface area contributed by atoms with E-state index < -0.39 is 27.9 Å². The Hall–Kier alpha value is -1.31. The molecule has 8 heteroatoms. The average Bonchev–Trinajstić information content (AvgIpc) is 2.32. The Morgan fingerprint density at radius 3 is 2.05 bits per heavy atom. The molecular formula is C12H24N2O5S. The minimum absolute atomic E-state index is 0.133. The number of carbonyl (C=O) groups is 2. The first-order valence-electron chi connectivity index (χ1n) is 6.67. The Labute approximate surface area is 120 Å². The molecule has 0 heterocycles. The standard InChI is InChI=1S/C12H24N2O5S/c1-4-7-14(8-5-2)12(17)13-10(11(15)16)6-9-20(3,18)19/h10H,4-9H2,1-3H3,(H,13,17)(H,15,16). The van der Waals surface area contributed by atoms with E-state index in [0.717, 1.165) is 19.1 Å². The van der Waals surface area contributed by atoms with Gasteiger partial charge in [-0.2, -0.15) is 0 Å². The van der Waals surface area contributed by atoms with Gasteiger partial charge in [-0.25, -0.2) is 18.0 Å². The van der Waals surface area contributed by atoms with E-state index >= 15 is 0 Å². The zero-order chi connectivity index (χ0) is 15.8. The van der Waals surface area contributed by atoms with Crippen LogP contribution in [0.2, 0.25) is 0 Å². The van der Waals surface area contributed by atoms with Crippen molar-refractivity contribution < 1.29 is 23.1 Å². The number of nitrogens with zero attached hydrogens (tertiary/aromatic N) is 1. The van der Waals surface area contributed by atoms with Gasteiger partial charge in [-0.3, -0.25) is 0 Å². The zero-order valence-corrected chi connectivity index (χ0v) is 13.1. The molecule has 0 radical (unpaired) electrons. The van der Waals surface area contributed by atoms with Crippen LogP contribution in [0, 0.1) is 0 Å². The lowest BCUT2D eigenvalue weighted by Gasteiger charge is -2.24. The monoisotopic (exact) mass is 308 g/mol. The van der Waals surface area contributed by atoms with Crippen molar-refractivity contribution in [2.24, 2.45) is 0 Å². The summed E-state index contributed by atoms with van der Waals surface area (Å²) in [5.74, 6) is -1.50. The highest BCUT2D eigenvalue weighted by atomic mass is 32.2. The van der Waals surface area contributed by atoms with E-state index in [-0.39, 0.29) is 12.2 Å². The number of nitrogens with one attached hydrogen (secondary N) is 1. The molecular weight excluding hydrogens is 284 g/mol. The minimum atomic E-state index is -3.26. The van der Waals surface area contributed by atoms with Gasteiger partial charge in [0, 0.05) is 19.3 Å². The maximum Gasteiger partial charge on any atom is 0.326 e. The molecule has 0 aromatic carbocycles. The first-order valence-corrected chi connectivity index (χ1v) is 8.73. The van der Waals surface area contributed by atoms with E-state index in [0.29, 0.717) is 13.1 Å². The summed E-state index contributed by atoms with van der Waals surface area (Å²) in [7, 11) is -3.26. The van der Waals surface area contributed by atoms with Crippen LogP contribution in [0.4, 0.5) is 4.79 Å². The summed E-state index contributed by atoms with van der Waals surface area (Å²) in [6, 6.07) is -1.65. The molecule has 0 bridgehead atoms. The summed E-state index contributed by atoms with van der Waals surface area (Å²) in [5, 5.41) is 11.4. The number of sulfone groups is 1. The van der Waals surface area contributed by atoms with Crippen LogP contribution in [0.15, 0.2) is 0 Å². The van der Waals surface area contributed by atoms with Crippen molar-refractivity contribution in [2.45, 2.75) is 39.2 Å². The molecule has 0 aliphatic carbocycles. The first kappa shape index (κ1) is 18.7. The Balaban J connectivity index is 4.63. The van der Waals surface area contributed by atoms with Crippen LogP contribution in [0.1, 0.15) is 33.1 Å². The highest BCUT2D eigenvalue weighted by Gasteiger charge is 2.23. The second-order valence-corrected chi connectivity index (χ2v) is 7.01. The first-order chi connectivity index (χ1) is 9.21. The molecule has 0 aliphatic heterocycles. The molecule has 118 valence electrons. The van der Waals surface area contributed by atoms with Crippen molar-refractivity contribution in [3.63, 3.8) is 0 Å². The van der Waals surface area contributed by atoms with Gasteiger partial charge in [-0.1, -0.05) is 13.8 Å².